The minimum atomic E-state index is -3.66. The molecule has 2 aromatic heterocycles. The molecule has 134 valence electrons. The summed E-state index contributed by atoms with van der Waals surface area (Å²) in [5.74, 6) is 0.684. The van der Waals surface area contributed by atoms with Crippen LogP contribution in [0.1, 0.15) is 32.0 Å². The van der Waals surface area contributed by atoms with Crippen LogP contribution in [0.15, 0.2) is 44.7 Å². The van der Waals surface area contributed by atoms with Crippen LogP contribution < -0.4 is 10.5 Å². The second-order valence-corrected chi connectivity index (χ2v) is 7.82. The van der Waals surface area contributed by atoms with E-state index >= 15 is 0 Å². The number of oxazole rings is 1. The van der Waals surface area contributed by atoms with Crippen molar-refractivity contribution in [1.82, 2.24) is 19.3 Å². The Morgan fingerprint density at radius 3 is 2.92 bits per heavy atom. The van der Waals surface area contributed by atoms with Crippen LogP contribution in [0.3, 0.4) is 0 Å². The normalized spacial score (nSPS) is 12.3. The molecule has 0 aliphatic rings. The van der Waals surface area contributed by atoms with E-state index in [9.17, 15) is 13.2 Å². The Morgan fingerprint density at radius 1 is 1.36 bits per heavy atom. The SMILES string of the molecule is CC(C)c1nccn1CCCNS(=O)(=O)c1ccc2[nH]c(=O)oc2c1. The maximum atomic E-state index is 12.4. The fraction of sp³-hybridized carbons (Fsp3) is 0.375. The third-order valence-electron chi connectivity index (χ3n) is 3.83. The number of H-pyrrole nitrogens is 1. The predicted molar refractivity (Wildman–Crippen MR) is 93.0 cm³/mol. The number of hydrogen-bond donors (Lipinski definition) is 2. The van der Waals surface area contributed by atoms with Gasteiger partial charge in [0.2, 0.25) is 10.0 Å². The van der Waals surface area contributed by atoms with E-state index < -0.39 is 15.8 Å². The first kappa shape index (κ1) is 17.4. The van der Waals surface area contributed by atoms with Crippen molar-refractivity contribution in [1.29, 1.82) is 0 Å². The van der Waals surface area contributed by atoms with Crippen molar-refractivity contribution in [2.75, 3.05) is 6.54 Å². The zero-order chi connectivity index (χ0) is 18.0. The van der Waals surface area contributed by atoms with E-state index in [1.807, 2.05) is 10.8 Å². The van der Waals surface area contributed by atoms with E-state index in [1.54, 1.807) is 6.20 Å². The number of rotatable bonds is 7. The monoisotopic (exact) mass is 364 g/mol. The first-order valence-electron chi connectivity index (χ1n) is 8.00. The van der Waals surface area contributed by atoms with Gasteiger partial charge in [-0.25, -0.2) is 22.9 Å². The van der Waals surface area contributed by atoms with Crippen molar-refractivity contribution < 1.29 is 12.8 Å². The standard InChI is InChI=1S/C16H20N4O4S/c1-11(2)15-17-7-9-20(15)8-3-6-18-25(22,23)12-4-5-13-14(10-12)24-16(21)19-13/h4-5,7,9-11,18H,3,6,8H2,1-2H3,(H,19,21). The van der Waals surface area contributed by atoms with Crippen molar-refractivity contribution in [3.8, 4) is 0 Å². The molecule has 9 heteroatoms. The molecule has 0 saturated heterocycles. The Hall–Kier alpha value is -2.39. The number of sulfonamides is 1. The maximum absolute atomic E-state index is 12.4. The molecule has 0 unspecified atom stereocenters. The van der Waals surface area contributed by atoms with Crippen LogP contribution in [0, 0.1) is 0 Å². The molecule has 2 N–H and O–H groups in total. The van der Waals surface area contributed by atoms with E-state index in [4.69, 9.17) is 4.42 Å². The lowest BCUT2D eigenvalue weighted by atomic mass is 10.2. The summed E-state index contributed by atoms with van der Waals surface area (Å²) in [6.45, 7) is 5.11. The lowest BCUT2D eigenvalue weighted by Gasteiger charge is -2.11. The first-order valence-corrected chi connectivity index (χ1v) is 9.49. The molecule has 0 spiro atoms. The fourth-order valence-corrected chi connectivity index (χ4v) is 3.73. The quantitative estimate of drug-likeness (QED) is 0.621. The second kappa shape index (κ2) is 6.85. The molecule has 0 bridgehead atoms. The van der Waals surface area contributed by atoms with Gasteiger partial charge in [-0.15, -0.1) is 0 Å². The summed E-state index contributed by atoms with van der Waals surface area (Å²) in [6, 6.07) is 4.28. The Bertz CT molecular complexity index is 1030. The van der Waals surface area contributed by atoms with E-state index in [1.165, 1.54) is 18.2 Å². The third-order valence-corrected chi connectivity index (χ3v) is 5.29. The molecule has 3 rings (SSSR count). The highest BCUT2D eigenvalue weighted by molar-refractivity contribution is 7.89. The molecule has 0 aliphatic carbocycles. The van der Waals surface area contributed by atoms with Crippen LogP contribution in [0.2, 0.25) is 0 Å². The Labute approximate surface area is 144 Å². The average Bonchev–Trinajstić information content (AvgIpc) is 3.15. The molecule has 1 aromatic carbocycles. The summed E-state index contributed by atoms with van der Waals surface area (Å²) >= 11 is 0. The number of nitrogens with one attached hydrogen (secondary N) is 2. The Balaban J connectivity index is 1.63. The number of hydrogen-bond acceptors (Lipinski definition) is 5. The smallest absolute Gasteiger partial charge is 0.408 e. The fourth-order valence-electron chi connectivity index (χ4n) is 2.64. The number of aromatic amines is 1. The van der Waals surface area contributed by atoms with Gasteiger partial charge in [-0.3, -0.25) is 4.98 Å². The minimum absolute atomic E-state index is 0.0632. The Morgan fingerprint density at radius 2 is 2.16 bits per heavy atom. The van der Waals surface area contributed by atoms with Gasteiger partial charge in [-0.1, -0.05) is 13.8 Å². The van der Waals surface area contributed by atoms with E-state index in [-0.39, 0.29) is 10.5 Å². The van der Waals surface area contributed by atoms with Crippen molar-refractivity contribution in [2.45, 2.75) is 37.6 Å². The van der Waals surface area contributed by atoms with Crippen LogP contribution in [0.4, 0.5) is 0 Å². The van der Waals surface area contributed by atoms with Crippen LogP contribution in [-0.2, 0) is 16.6 Å². The number of aromatic nitrogens is 3. The van der Waals surface area contributed by atoms with Gasteiger partial charge in [0.25, 0.3) is 0 Å². The molecule has 25 heavy (non-hydrogen) atoms. The predicted octanol–water partition coefficient (Wildman–Crippen LogP) is 1.81. The molecule has 0 radical (unpaired) electrons. The largest absolute Gasteiger partial charge is 0.417 e. The van der Waals surface area contributed by atoms with Crippen LogP contribution in [-0.4, -0.2) is 29.5 Å². The molecule has 8 nitrogen and oxygen atoms in total. The van der Waals surface area contributed by atoms with Gasteiger partial charge in [-0.2, -0.15) is 0 Å². The van der Waals surface area contributed by atoms with Crippen LogP contribution in [0.25, 0.3) is 11.1 Å². The maximum Gasteiger partial charge on any atom is 0.417 e. The summed E-state index contributed by atoms with van der Waals surface area (Å²) in [5, 5.41) is 0. The zero-order valence-electron chi connectivity index (χ0n) is 14.0. The number of aryl methyl sites for hydroxylation is 1. The molecule has 0 amide bonds. The summed E-state index contributed by atoms with van der Waals surface area (Å²) in [4.78, 5) is 18.0. The first-order chi connectivity index (χ1) is 11.9. The van der Waals surface area contributed by atoms with Gasteiger partial charge in [0, 0.05) is 37.5 Å². The molecular weight excluding hydrogens is 344 g/mol. The summed E-state index contributed by atoms with van der Waals surface area (Å²) in [7, 11) is -3.66. The number of benzene rings is 1. The molecule has 0 atom stereocenters. The van der Waals surface area contributed by atoms with Gasteiger partial charge < -0.3 is 8.98 Å². The highest BCUT2D eigenvalue weighted by atomic mass is 32.2. The highest BCUT2D eigenvalue weighted by Crippen LogP contribution is 2.16. The van der Waals surface area contributed by atoms with E-state index in [0.29, 0.717) is 30.9 Å². The summed E-state index contributed by atoms with van der Waals surface area (Å²) < 4.78 is 34.2. The van der Waals surface area contributed by atoms with Gasteiger partial charge in [0.15, 0.2) is 5.58 Å². The molecule has 0 aliphatic heterocycles. The average molecular weight is 364 g/mol. The van der Waals surface area contributed by atoms with Crippen molar-refractivity contribution in [3.63, 3.8) is 0 Å². The second-order valence-electron chi connectivity index (χ2n) is 6.06. The van der Waals surface area contributed by atoms with Gasteiger partial charge in [-0.05, 0) is 18.6 Å². The summed E-state index contributed by atoms with van der Waals surface area (Å²) in [6.07, 6.45) is 4.28. The highest BCUT2D eigenvalue weighted by Gasteiger charge is 2.15. The van der Waals surface area contributed by atoms with Crippen LogP contribution in [0.5, 0.6) is 0 Å². The zero-order valence-corrected chi connectivity index (χ0v) is 14.8. The topological polar surface area (TPSA) is 110 Å². The van der Waals surface area contributed by atoms with Gasteiger partial charge in [0.1, 0.15) is 5.82 Å². The molecule has 0 fully saturated rings. The Kier molecular flexibility index (Phi) is 4.78. The lowest BCUT2D eigenvalue weighted by molar-refractivity contribution is 0.551. The molecule has 0 saturated carbocycles. The van der Waals surface area contributed by atoms with Crippen LogP contribution >= 0.6 is 0 Å². The lowest BCUT2D eigenvalue weighted by Crippen LogP contribution is -2.25. The van der Waals surface area contributed by atoms with Gasteiger partial charge in [0.05, 0.1) is 10.4 Å². The summed E-state index contributed by atoms with van der Waals surface area (Å²) in [5.41, 5.74) is 0.679. The molecule has 3 aromatic rings. The molecular formula is C16H20N4O4S. The number of nitrogens with zero attached hydrogens (tertiary/aromatic N) is 2. The van der Waals surface area contributed by atoms with Crippen molar-refractivity contribution in [2.24, 2.45) is 0 Å². The van der Waals surface area contributed by atoms with Crippen molar-refractivity contribution >= 4 is 21.1 Å². The molecule has 2 heterocycles. The van der Waals surface area contributed by atoms with E-state index in [2.05, 4.69) is 28.5 Å². The van der Waals surface area contributed by atoms with Gasteiger partial charge >= 0.3 is 5.76 Å². The number of fused-ring (bicyclic) bond motifs is 1. The minimum Gasteiger partial charge on any atom is -0.408 e. The van der Waals surface area contributed by atoms with Crippen molar-refractivity contribution in [3.05, 3.63) is 47.0 Å². The third kappa shape index (κ3) is 3.83. The number of imidazole rings is 1. The van der Waals surface area contributed by atoms with E-state index in [0.717, 1.165) is 5.82 Å².